The van der Waals surface area contributed by atoms with Crippen molar-refractivity contribution in [3.63, 3.8) is 0 Å². The van der Waals surface area contributed by atoms with Gasteiger partial charge in [0.2, 0.25) is 0 Å². The summed E-state index contributed by atoms with van der Waals surface area (Å²) in [6.45, 7) is 0.570. The molecule has 0 unspecified atom stereocenters. The van der Waals surface area contributed by atoms with Gasteiger partial charge in [-0.05, 0) is 17.7 Å². The molecule has 1 aromatic carbocycles. The van der Waals surface area contributed by atoms with E-state index < -0.39 is 0 Å². The Bertz CT molecular complexity index is 770. The molecule has 0 saturated heterocycles. The zero-order valence-corrected chi connectivity index (χ0v) is 11.9. The normalized spacial score (nSPS) is 10.8. The van der Waals surface area contributed by atoms with Crippen LogP contribution < -0.4 is 0 Å². The zero-order valence-electron chi connectivity index (χ0n) is 11.9. The molecule has 0 bridgehead atoms. The smallest absolute Gasteiger partial charge is 0.256 e. The van der Waals surface area contributed by atoms with Crippen molar-refractivity contribution < 1.29 is 9.90 Å². The van der Waals surface area contributed by atoms with Crippen LogP contribution in [0.1, 0.15) is 15.9 Å². The Hall–Kier alpha value is -2.73. The molecule has 22 heavy (non-hydrogen) atoms. The summed E-state index contributed by atoms with van der Waals surface area (Å²) in [6.07, 6.45) is 5.09. The molecule has 1 amide bonds. The molecule has 3 rings (SSSR count). The summed E-state index contributed by atoms with van der Waals surface area (Å²) in [5, 5.41) is 17.0. The lowest BCUT2D eigenvalue weighted by Gasteiger charge is -2.22. The maximum Gasteiger partial charge on any atom is 0.256 e. The highest BCUT2D eigenvalue weighted by Gasteiger charge is 2.18. The standard InChI is InChI=1S/C16H16N4O2/c21-8-7-20(11-12-3-2-6-17-9-12)16(22)14-5-1-4-13-10-18-19-15(13)14/h1-6,9-10,21H,7-8,11H2,(H,18,19). The molecule has 2 aromatic heterocycles. The van der Waals surface area contributed by atoms with E-state index >= 15 is 0 Å². The molecule has 0 aliphatic heterocycles. The number of hydrogen-bond acceptors (Lipinski definition) is 4. The minimum Gasteiger partial charge on any atom is -0.395 e. The van der Waals surface area contributed by atoms with Crippen molar-refractivity contribution in [3.05, 3.63) is 60.0 Å². The first-order valence-corrected chi connectivity index (χ1v) is 7.00. The van der Waals surface area contributed by atoms with E-state index in [9.17, 15) is 9.90 Å². The van der Waals surface area contributed by atoms with E-state index in [0.29, 0.717) is 17.6 Å². The van der Waals surface area contributed by atoms with Crippen LogP contribution >= 0.6 is 0 Å². The van der Waals surface area contributed by atoms with Gasteiger partial charge in [-0.2, -0.15) is 5.10 Å². The molecule has 2 heterocycles. The number of carbonyl (C=O) groups is 1. The Labute approximate surface area is 127 Å². The Morgan fingerprint density at radius 2 is 2.14 bits per heavy atom. The van der Waals surface area contributed by atoms with Gasteiger partial charge in [0.05, 0.1) is 23.9 Å². The van der Waals surface area contributed by atoms with Crippen LogP contribution in [0, 0.1) is 0 Å². The Kier molecular flexibility index (Phi) is 4.11. The zero-order chi connectivity index (χ0) is 15.4. The number of para-hydroxylation sites is 1. The van der Waals surface area contributed by atoms with Gasteiger partial charge >= 0.3 is 0 Å². The molecule has 0 atom stereocenters. The second-order valence-corrected chi connectivity index (χ2v) is 4.95. The van der Waals surface area contributed by atoms with E-state index in [0.717, 1.165) is 10.9 Å². The van der Waals surface area contributed by atoms with Gasteiger partial charge in [0.15, 0.2) is 0 Å². The fourth-order valence-corrected chi connectivity index (χ4v) is 2.40. The van der Waals surface area contributed by atoms with Crippen molar-refractivity contribution in [3.8, 4) is 0 Å². The molecule has 2 N–H and O–H groups in total. The van der Waals surface area contributed by atoms with Gasteiger partial charge in [0, 0.05) is 30.9 Å². The number of aromatic amines is 1. The molecule has 0 spiro atoms. The van der Waals surface area contributed by atoms with Crippen LogP contribution in [0.15, 0.2) is 48.9 Å². The van der Waals surface area contributed by atoms with Crippen molar-refractivity contribution in [2.75, 3.05) is 13.2 Å². The quantitative estimate of drug-likeness (QED) is 0.749. The van der Waals surface area contributed by atoms with Gasteiger partial charge in [0.1, 0.15) is 0 Å². The molecule has 0 aliphatic carbocycles. The van der Waals surface area contributed by atoms with Gasteiger partial charge < -0.3 is 10.0 Å². The van der Waals surface area contributed by atoms with E-state index in [1.165, 1.54) is 0 Å². The lowest BCUT2D eigenvalue weighted by molar-refractivity contribution is 0.0709. The molecule has 0 radical (unpaired) electrons. The lowest BCUT2D eigenvalue weighted by Crippen LogP contribution is -2.33. The number of nitrogens with one attached hydrogen (secondary N) is 1. The monoisotopic (exact) mass is 296 g/mol. The fraction of sp³-hybridized carbons (Fsp3) is 0.188. The molecule has 0 saturated carbocycles. The number of benzene rings is 1. The van der Waals surface area contributed by atoms with Gasteiger partial charge in [-0.25, -0.2) is 0 Å². The van der Waals surface area contributed by atoms with Gasteiger partial charge in [0.25, 0.3) is 5.91 Å². The number of aromatic nitrogens is 3. The molecular formula is C16H16N4O2. The Morgan fingerprint density at radius 1 is 1.23 bits per heavy atom. The second-order valence-electron chi connectivity index (χ2n) is 4.95. The van der Waals surface area contributed by atoms with Crippen molar-refractivity contribution in [1.82, 2.24) is 20.1 Å². The number of rotatable bonds is 5. The maximum absolute atomic E-state index is 12.8. The first-order valence-electron chi connectivity index (χ1n) is 7.00. The SMILES string of the molecule is O=C(c1cccc2cn[nH]c12)N(CCO)Cc1cccnc1. The number of amides is 1. The number of aliphatic hydroxyl groups excluding tert-OH is 1. The number of H-pyrrole nitrogens is 1. The third-order valence-electron chi connectivity index (χ3n) is 3.46. The molecule has 3 aromatic rings. The Morgan fingerprint density at radius 3 is 2.91 bits per heavy atom. The molecule has 112 valence electrons. The van der Waals surface area contributed by atoms with Gasteiger partial charge in [-0.1, -0.05) is 18.2 Å². The number of fused-ring (bicyclic) bond motifs is 1. The van der Waals surface area contributed by atoms with E-state index in [2.05, 4.69) is 15.2 Å². The first-order chi connectivity index (χ1) is 10.8. The predicted octanol–water partition coefficient (Wildman–Crippen LogP) is 1.59. The van der Waals surface area contributed by atoms with Gasteiger partial charge in [-0.15, -0.1) is 0 Å². The number of pyridine rings is 1. The summed E-state index contributed by atoms with van der Waals surface area (Å²) in [7, 11) is 0. The summed E-state index contributed by atoms with van der Waals surface area (Å²) in [5.74, 6) is -0.146. The third-order valence-corrected chi connectivity index (χ3v) is 3.46. The maximum atomic E-state index is 12.8. The van der Waals surface area contributed by atoms with E-state index in [4.69, 9.17) is 0 Å². The average molecular weight is 296 g/mol. The molecule has 0 fully saturated rings. The van der Waals surface area contributed by atoms with Crippen molar-refractivity contribution in [1.29, 1.82) is 0 Å². The van der Waals surface area contributed by atoms with Crippen molar-refractivity contribution in [2.45, 2.75) is 6.54 Å². The average Bonchev–Trinajstić information content (AvgIpc) is 3.03. The fourth-order valence-electron chi connectivity index (χ4n) is 2.40. The van der Waals surface area contributed by atoms with E-state index in [1.54, 1.807) is 29.6 Å². The summed E-state index contributed by atoms with van der Waals surface area (Å²) in [6, 6.07) is 9.21. The molecule has 0 aliphatic rings. The second kappa shape index (κ2) is 6.36. The summed E-state index contributed by atoms with van der Waals surface area (Å²) < 4.78 is 0. The van der Waals surface area contributed by atoms with Crippen molar-refractivity contribution >= 4 is 16.8 Å². The molecular weight excluding hydrogens is 280 g/mol. The number of hydrogen-bond donors (Lipinski definition) is 2. The van der Waals surface area contributed by atoms with Crippen LogP contribution in [0.25, 0.3) is 10.9 Å². The highest BCUT2D eigenvalue weighted by molar-refractivity contribution is 6.05. The minimum absolute atomic E-state index is 0.0923. The van der Waals surface area contributed by atoms with Crippen molar-refractivity contribution in [2.24, 2.45) is 0 Å². The van der Waals surface area contributed by atoms with Crippen LogP contribution in [0.3, 0.4) is 0 Å². The molecule has 6 heteroatoms. The highest BCUT2D eigenvalue weighted by atomic mass is 16.3. The highest BCUT2D eigenvalue weighted by Crippen LogP contribution is 2.18. The van der Waals surface area contributed by atoms with Crippen LogP contribution in [-0.2, 0) is 6.54 Å². The summed E-state index contributed by atoms with van der Waals surface area (Å²) in [5.41, 5.74) is 2.18. The third kappa shape index (κ3) is 2.82. The summed E-state index contributed by atoms with van der Waals surface area (Å²) in [4.78, 5) is 18.5. The summed E-state index contributed by atoms with van der Waals surface area (Å²) >= 11 is 0. The number of aliphatic hydroxyl groups is 1. The Balaban J connectivity index is 1.91. The van der Waals surface area contributed by atoms with Crippen LogP contribution in [-0.4, -0.2) is 44.2 Å². The van der Waals surface area contributed by atoms with Crippen LogP contribution in [0.2, 0.25) is 0 Å². The predicted molar refractivity (Wildman–Crippen MR) is 82.2 cm³/mol. The van der Waals surface area contributed by atoms with Gasteiger partial charge in [-0.3, -0.25) is 14.9 Å². The van der Waals surface area contributed by atoms with E-state index in [1.807, 2.05) is 24.3 Å². The number of nitrogens with zero attached hydrogens (tertiary/aromatic N) is 3. The topological polar surface area (TPSA) is 82.1 Å². The van der Waals surface area contributed by atoms with Crippen LogP contribution in [0.4, 0.5) is 0 Å². The minimum atomic E-state index is -0.146. The molecule has 6 nitrogen and oxygen atoms in total. The van der Waals surface area contributed by atoms with E-state index in [-0.39, 0.29) is 19.1 Å². The first kappa shape index (κ1) is 14.2. The number of carbonyl (C=O) groups excluding carboxylic acids is 1. The lowest BCUT2D eigenvalue weighted by atomic mass is 10.1. The van der Waals surface area contributed by atoms with Crippen LogP contribution in [0.5, 0.6) is 0 Å². The largest absolute Gasteiger partial charge is 0.395 e.